The average molecular weight is 394 g/mol. The molecule has 7 heteroatoms. The van der Waals surface area contributed by atoms with Crippen molar-refractivity contribution in [2.75, 3.05) is 5.75 Å². The maximum Gasteiger partial charge on any atom is 0.276 e. The van der Waals surface area contributed by atoms with E-state index in [1.54, 1.807) is 29.2 Å². The second-order valence-electron chi connectivity index (χ2n) is 6.77. The van der Waals surface area contributed by atoms with Gasteiger partial charge in [-0.25, -0.2) is 5.01 Å². The maximum atomic E-state index is 13.0. The Morgan fingerprint density at radius 1 is 1.14 bits per heavy atom. The number of para-hydroxylation sites is 1. The van der Waals surface area contributed by atoms with Crippen molar-refractivity contribution in [1.29, 1.82) is 0 Å². The van der Waals surface area contributed by atoms with E-state index < -0.39 is 6.17 Å². The highest BCUT2D eigenvalue weighted by molar-refractivity contribution is 8.13. The fourth-order valence-corrected chi connectivity index (χ4v) is 4.19. The van der Waals surface area contributed by atoms with Crippen molar-refractivity contribution in [3.63, 3.8) is 0 Å². The van der Waals surface area contributed by atoms with Crippen LogP contribution in [-0.2, 0) is 4.79 Å². The molecule has 0 radical (unpaired) electrons. The second kappa shape index (κ2) is 8.56. The minimum absolute atomic E-state index is 0.137. The third-order valence-electron chi connectivity index (χ3n) is 4.73. The van der Waals surface area contributed by atoms with Crippen LogP contribution in [0.25, 0.3) is 5.70 Å². The lowest BCUT2D eigenvalue weighted by molar-refractivity contribution is -0.116. The molecule has 0 saturated heterocycles. The van der Waals surface area contributed by atoms with Crippen molar-refractivity contribution < 1.29 is 4.79 Å². The first-order valence-electron chi connectivity index (χ1n) is 9.67. The van der Waals surface area contributed by atoms with E-state index in [1.807, 2.05) is 36.4 Å². The number of carbonyl (C=O) groups is 1. The van der Waals surface area contributed by atoms with E-state index in [4.69, 9.17) is 10.1 Å². The Labute approximate surface area is 168 Å². The molecular formula is C21H23N5OS. The van der Waals surface area contributed by atoms with Crippen molar-refractivity contribution in [2.45, 2.75) is 38.8 Å². The monoisotopic (exact) mass is 393 g/mol. The van der Waals surface area contributed by atoms with E-state index in [2.05, 4.69) is 17.2 Å². The lowest BCUT2D eigenvalue weighted by atomic mass is 10.1. The molecule has 0 bridgehead atoms. The molecule has 0 aliphatic carbocycles. The first-order chi connectivity index (χ1) is 13.8. The molecule has 1 N–H and O–H groups in total. The number of hydrogen-bond acceptors (Lipinski definition) is 6. The largest absolute Gasteiger partial charge is 0.298 e. The molecule has 1 atom stereocenters. The maximum absolute atomic E-state index is 13.0. The highest BCUT2D eigenvalue weighted by Crippen LogP contribution is 2.30. The average Bonchev–Trinajstić information content (AvgIpc) is 2.73. The Morgan fingerprint density at radius 2 is 2.04 bits per heavy atom. The Bertz CT molecular complexity index is 1000. The van der Waals surface area contributed by atoms with Crippen molar-refractivity contribution in [1.82, 2.24) is 15.3 Å². The summed E-state index contributed by atoms with van der Waals surface area (Å²) in [6.07, 6.45) is 7.87. The predicted octanol–water partition coefficient (Wildman–Crippen LogP) is 2.54. The number of unbranched alkanes of at least 4 members (excludes halogenated alkanes) is 3. The van der Waals surface area contributed by atoms with Gasteiger partial charge in [-0.15, -0.1) is 5.10 Å². The van der Waals surface area contributed by atoms with Gasteiger partial charge in [0.15, 0.2) is 11.3 Å². The van der Waals surface area contributed by atoms with Gasteiger partial charge in [-0.05, 0) is 18.6 Å². The summed E-state index contributed by atoms with van der Waals surface area (Å²) in [5, 5.41) is 11.7. The molecule has 4 rings (SSSR count). The topological polar surface area (TPSA) is 70.0 Å². The van der Waals surface area contributed by atoms with Crippen molar-refractivity contribution in [3.8, 4) is 0 Å². The highest BCUT2D eigenvalue weighted by atomic mass is 32.2. The number of amides is 1. The minimum atomic E-state index is -0.402. The van der Waals surface area contributed by atoms with Crippen LogP contribution in [0.5, 0.6) is 0 Å². The zero-order chi connectivity index (χ0) is 19.3. The zero-order valence-corrected chi connectivity index (χ0v) is 16.7. The molecule has 0 fully saturated rings. The Balaban J connectivity index is 1.69. The SMILES string of the molecule is CCCCCCSC1=NN2C(=c3ccccc3=NC2c2cccnc2)C(=O)N1. The fraction of sp³-hybridized carbons (Fsp3) is 0.333. The Morgan fingerprint density at radius 3 is 2.86 bits per heavy atom. The number of nitrogens with zero attached hydrogens (tertiary/aromatic N) is 4. The second-order valence-corrected chi connectivity index (χ2v) is 7.85. The van der Waals surface area contributed by atoms with Crippen LogP contribution < -0.4 is 15.9 Å². The number of pyridine rings is 1. The molecular weight excluding hydrogens is 370 g/mol. The van der Waals surface area contributed by atoms with Crippen LogP contribution in [0, 0.1) is 0 Å². The lowest BCUT2D eigenvalue weighted by Crippen LogP contribution is -2.50. The van der Waals surface area contributed by atoms with Crippen LogP contribution in [0.1, 0.15) is 44.3 Å². The van der Waals surface area contributed by atoms with E-state index in [1.165, 1.54) is 19.3 Å². The summed E-state index contributed by atoms with van der Waals surface area (Å²) < 4.78 is 0. The van der Waals surface area contributed by atoms with Gasteiger partial charge in [-0.3, -0.25) is 20.1 Å². The molecule has 28 heavy (non-hydrogen) atoms. The van der Waals surface area contributed by atoms with Crippen LogP contribution in [-0.4, -0.2) is 26.8 Å². The summed E-state index contributed by atoms with van der Waals surface area (Å²) in [6.45, 7) is 2.20. The Hall–Kier alpha value is -2.67. The summed E-state index contributed by atoms with van der Waals surface area (Å²) in [4.78, 5) is 22.1. The number of nitrogens with one attached hydrogen (secondary N) is 1. The summed E-state index contributed by atoms with van der Waals surface area (Å²) in [6, 6.07) is 11.5. The van der Waals surface area contributed by atoms with Crippen LogP contribution in [0.2, 0.25) is 0 Å². The van der Waals surface area contributed by atoms with Gasteiger partial charge in [-0.1, -0.05) is 62.2 Å². The number of rotatable bonds is 6. The normalized spacial score (nSPS) is 18.0. The van der Waals surface area contributed by atoms with Crippen molar-refractivity contribution in [2.24, 2.45) is 10.1 Å². The number of amidine groups is 1. The molecule has 3 heterocycles. The number of carbonyl (C=O) groups excluding carboxylic acids is 1. The summed E-state index contributed by atoms with van der Waals surface area (Å²) >= 11 is 1.59. The van der Waals surface area contributed by atoms with E-state index in [0.29, 0.717) is 10.9 Å². The third-order valence-corrected chi connectivity index (χ3v) is 5.68. The lowest BCUT2D eigenvalue weighted by Gasteiger charge is -2.33. The third kappa shape index (κ3) is 3.80. The van der Waals surface area contributed by atoms with Crippen LogP contribution in [0.15, 0.2) is 58.9 Å². The molecule has 2 aliphatic heterocycles. The van der Waals surface area contributed by atoms with E-state index in [-0.39, 0.29) is 5.91 Å². The molecule has 144 valence electrons. The quantitative estimate of drug-likeness (QED) is 0.766. The summed E-state index contributed by atoms with van der Waals surface area (Å²) in [7, 11) is 0. The molecule has 1 unspecified atom stereocenters. The Kier molecular flexibility index (Phi) is 5.71. The number of benzene rings is 1. The standard InChI is InChI=1S/C21H23N5OS/c1-2-3-4-7-13-28-21-24-20(27)18-16-10-5-6-11-17(16)23-19(26(18)25-21)15-9-8-12-22-14-15/h5-6,8-12,14,19H,2-4,7,13H2,1H3,(H,24,25,27). The van der Waals surface area contributed by atoms with Gasteiger partial charge in [0.1, 0.15) is 5.70 Å². The van der Waals surface area contributed by atoms with E-state index >= 15 is 0 Å². The first-order valence-corrected chi connectivity index (χ1v) is 10.7. The smallest absolute Gasteiger partial charge is 0.276 e. The minimum Gasteiger partial charge on any atom is -0.298 e. The van der Waals surface area contributed by atoms with Gasteiger partial charge >= 0.3 is 0 Å². The number of aromatic nitrogens is 1. The first kappa shape index (κ1) is 18.7. The summed E-state index contributed by atoms with van der Waals surface area (Å²) in [5.41, 5.74) is 1.44. The number of hydrazone groups is 1. The van der Waals surface area contributed by atoms with Gasteiger partial charge in [0, 0.05) is 28.9 Å². The van der Waals surface area contributed by atoms with E-state index in [0.717, 1.165) is 28.3 Å². The molecule has 6 nitrogen and oxygen atoms in total. The summed E-state index contributed by atoms with van der Waals surface area (Å²) in [5.74, 6) is 0.801. The highest BCUT2D eigenvalue weighted by Gasteiger charge is 2.34. The van der Waals surface area contributed by atoms with Gasteiger partial charge in [0.2, 0.25) is 0 Å². The van der Waals surface area contributed by atoms with Crippen LogP contribution in [0.4, 0.5) is 0 Å². The van der Waals surface area contributed by atoms with Crippen molar-refractivity contribution >= 4 is 28.5 Å². The molecule has 1 amide bonds. The van der Waals surface area contributed by atoms with Crippen LogP contribution in [0.3, 0.4) is 0 Å². The molecule has 2 aliphatic rings. The van der Waals surface area contributed by atoms with Gasteiger partial charge in [-0.2, -0.15) is 0 Å². The fourth-order valence-electron chi connectivity index (χ4n) is 3.34. The molecule has 2 aromatic rings. The number of fused-ring (bicyclic) bond motifs is 2. The van der Waals surface area contributed by atoms with E-state index in [9.17, 15) is 4.79 Å². The molecule has 1 aromatic carbocycles. The van der Waals surface area contributed by atoms with Gasteiger partial charge < -0.3 is 0 Å². The molecule has 0 spiro atoms. The van der Waals surface area contributed by atoms with Gasteiger partial charge in [0.05, 0.1) is 5.36 Å². The number of hydrogen-bond donors (Lipinski definition) is 1. The van der Waals surface area contributed by atoms with Gasteiger partial charge in [0.25, 0.3) is 5.91 Å². The number of thioether (sulfide) groups is 1. The zero-order valence-electron chi connectivity index (χ0n) is 15.8. The molecule has 1 aromatic heterocycles. The predicted molar refractivity (Wildman–Crippen MR) is 112 cm³/mol. The molecule has 0 saturated carbocycles. The van der Waals surface area contributed by atoms with Crippen LogP contribution >= 0.6 is 11.8 Å². The van der Waals surface area contributed by atoms with Crippen molar-refractivity contribution in [3.05, 3.63) is 64.9 Å².